The topological polar surface area (TPSA) is 80.2 Å². The van der Waals surface area contributed by atoms with Crippen molar-refractivity contribution in [2.75, 3.05) is 11.9 Å². The summed E-state index contributed by atoms with van der Waals surface area (Å²) < 4.78 is 28.9. The Hall–Kier alpha value is -2.12. The first kappa shape index (κ1) is 13.8. The summed E-state index contributed by atoms with van der Waals surface area (Å²) in [5.74, 6) is -0.111. The van der Waals surface area contributed by atoms with Gasteiger partial charge in [0, 0.05) is 31.2 Å². The minimum atomic E-state index is -3.55. The van der Waals surface area contributed by atoms with E-state index >= 15 is 0 Å². The number of hydrogen-bond donors (Lipinski definition) is 2. The van der Waals surface area contributed by atoms with Gasteiger partial charge in [0.25, 0.3) is 0 Å². The zero-order valence-electron chi connectivity index (χ0n) is 11.2. The zero-order valence-corrected chi connectivity index (χ0v) is 12.1. The molecule has 7 heteroatoms. The standard InChI is InChI=1S/C14H15N3O3S/c18-14-10-11-9-12(3-4-13(11)16-14)21(19,20)15-5-8-17-6-1-2-7-17/h1-4,6-7,9,15H,5,8,10H2,(H,16,18). The van der Waals surface area contributed by atoms with Crippen molar-refractivity contribution in [2.24, 2.45) is 0 Å². The van der Waals surface area contributed by atoms with E-state index in [1.54, 1.807) is 12.1 Å². The summed E-state index contributed by atoms with van der Waals surface area (Å²) in [4.78, 5) is 11.5. The third-order valence-corrected chi connectivity index (χ3v) is 4.80. The van der Waals surface area contributed by atoms with Gasteiger partial charge >= 0.3 is 0 Å². The Morgan fingerprint density at radius 2 is 2.00 bits per heavy atom. The van der Waals surface area contributed by atoms with Crippen LogP contribution < -0.4 is 10.0 Å². The second-order valence-electron chi connectivity index (χ2n) is 4.86. The van der Waals surface area contributed by atoms with Crippen LogP contribution >= 0.6 is 0 Å². The number of aromatic nitrogens is 1. The highest BCUT2D eigenvalue weighted by molar-refractivity contribution is 7.89. The highest BCUT2D eigenvalue weighted by atomic mass is 32.2. The quantitative estimate of drug-likeness (QED) is 0.863. The van der Waals surface area contributed by atoms with E-state index in [2.05, 4.69) is 10.0 Å². The highest BCUT2D eigenvalue weighted by Gasteiger charge is 2.21. The van der Waals surface area contributed by atoms with E-state index in [-0.39, 0.29) is 17.2 Å². The average molecular weight is 305 g/mol. The number of benzene rings is 1. The Morgan fingerprint density at radius 1 is 1.24 bits per heavy atom. The Balaban J connectivity index is 1.70. The van der Waals surface area contributed by atoms with E-state index in [1.807, 2.05) is 29.1 Å². The molecule has 1 aromatic heterocycles. The van der Waals surface area contributed by atoms with Gasteiger partial charge in [-0.2, -0.15) is 0 Å². The van der Waals surface area contributed by atoms with Crippen molar-refractivity contribution in [1.29, 1.82) is 0 Å². The Bertz CT molecular complexity index is 767. The van der Waals surface area contributed by atoms with Crippen molar-refractivity contribution in [1.82, 2.24) is 9.29 Å². The third-order valence-electron chi connectivity index (χ3n) is 3.34. The van der Waals surface area contributed by atoms with E-state index in [1.165, 1.54) is 6.07 Å². The predicted molar refractivity (Wildman–Crippen MR) is 78.4 cm³/mol. The van der Waals surface area contributed by atoms with Crippen LogP contribution in [0.2, 0.25) is 0 Å². The van der Waals surface area contributed by atoms with Gasteiger partial charge < -0.3 is 9.88 Å². The third kappa shape index (κ3) is 2.98. The fourth-order valence-corrected chi connectivity index (χ4v) is 3.36. The van der Waals surface area contributed by atoms with Gasteiger partial charge in [-0.05, 0) is 35.9 Å². The maximum Gasteiger partial charge on any atom is 0.240 e. The number of fused-ring (bicyclic) bond motifs is 1. The van der Waals surface area contributed by atoms with Crippen LogP contribution in [0.1, 0.15) is 5.56 Å². The van der Waals surface area contributed by atoms with Crippen LogP contribution in [0.5, 0.6) is 0 Å². The molecule has 2 aromatic rings. The maximum absolute atomic E-state index is 12.2. The maximum atomic E-state index is 12.2. The first-order chi connectivity index (χ1) is 10.0. The Kier molecular flexibility index (Phi) is 3.52. The zero-order chi connectivity index (χ0) is 14.9. The fraction of sp³-hybridized carbons (Fsp3) is 0.214. The second kappa shape index (κ2) is 5.34. The average Bonchev–Trinajstić information content (AvgIpc) is 3.05. The van der Waals surface area contributed by atoms with Crippen molar-refractivity contribution in [3.8, 4) is 0 Å². The molecule has 2 N–H and O–H groups in total. The van der Waals surface area contributed by atoms with E-state index in [0.717, 1.165) is 0 Å². The van der Waals surface area contributed by atoms with Crippen molar-refractivity contribution in [3.05, 3.63) is 48.3 Å². The number of amides is 1. The molecule has 0 saturated carbocycles. The van der Waals surface area contributed by atoms with Gasteiger partial charge in [0.05, 0.1) is 11.3 Å². The van der Waals surface area contributed by atoms with Gasteiger partial charge in [-0.25, -0.2) is 13.1 Å². The highest BCUT2D eigenvalue weighted by Crippen LogP contribution is 2.25. The second-order valence-corrected chi connectivity index (χ2v) is 6.63. The summed E-state index contributed by atoms with van der Waals surface area (Å²) in [6.45, 7) is 0.877. The smallest absolute Gasteiger partial charge is 0.240 e. The first-order valence-corrected chi connectivity index (χ1v) is 8.06. The number of nitrogens with zero attached hydrogens (tertiary/aromatic N) is 1. The summed E-state index contributed by atoms with van der Waals surface area (Å²) in [7, 11) is -3.55. The lowest BCUT2D eigenvalue weighted by Gasteiger charge is -2.08. The van der Waals surface area contributed by atoms with Crippen LogP contribution in [0.3, 0.4) is 0 Å². The molecule has 2 heterocycles. The molecule has 3 rings (SSSR count). The molecular formula is C14H15N3O3S. The summed E-state index contributed by atoms with van der Waals surface area (Å²) in [6, 6.07) is 8.45. The largest absolute Gasteiger partial charge is 0.353 e. The van der Waals surface area contributed by atoms with Crippen molar-refractivity contribution >= 4 is 21.6 Å². The molecule has 0 fully saturated rings. The van der Waals surface area contributed by atoms with Gasteiger partial charge in [-0.3, -0.25) is 4.79 Å². The van der Waals surface area contributed by atoms with Crippen molar-refractivity contribution in [3.63, 3.8) is 0 Å². The molecule has 110 valence electrons. The van der Waals surface area contributed by atoms with Gasteiger partial charge in [-0.1, -0.05) is 0 Å². The van der Waals surface area contributed by atoms with Gasteiger partial charge in [0.2, 0.25) is 15.9 Å². The van der Waals surface area contributed by atoms with Gasteiger partial charge in [0.1, 0.15) is 0 Å². The monoisotopic (exact) mass is 305 g/mol. The van der Waals surface area contributed by atoms with E-state index in [0.29, 0.717) is 24.3 Å². The molecule has 0 unspecified atom stereocenters. The van der Waals surface area contributed by atoms with Crippen LogP contribution in [0.25, 0.3) is 0 Å². The number of hydrogen-bond acceptors (Lipinski definition) is 3. The molecular weight excluding hydrogens is 290 g/mol. The molecule has 1 aliphatic rings. The summed E-state index contributed by atoms with van der Waals surface area (Å²) in [5, 5.41) is 2.68. The van der Waals surface area contributed by atoms with Crippen LogP contribution in [0, 0.1) is 0 Å². The van der Waals surface area contributed by atoms with E-state index in [4.69, 9.17) is 0 Å². The van der Waals surface area contributed by atoms with Crippen molar-refractivity contribution in [2.45, 2.75) is 17.9 Å². The Labute approximate surface area is 122 Å². The molecule has 0 spiro atoms. The molecule has 0 atom stereocenters. The molecule has 0 bridgehead atoms. The number of carbonyl (C=O) groups excluding carboxylic acids is 1. The lowest BCUT2D eigenvalue weighted by molar-refractivity contribution is -0.115. The number of rotatable bonds is 5. The minimum absolute atomic E-state index is 0.111. The molecule has 1 aromatic carbocycles. The number of anilines is 1. The van der Waals surface area contributed by atoms with E-state index in [9.17, 15) is 13.2 Å². The minimum Gasteiger partial charge on any atom is -0.353 e. The fourth-order valence-electron chi connectivity index (χ4n) is 2.28. The molecule has 0 saturated heterocycles. The summed E-state index contributed by atoms with van der Waals surface area (Å²) >= 11 is 0. The van der Waals surface area contributed by atoms with Crippen LogP contribution in [-0.4, -0.2) is 25.4 Å². The molecule has 1 aliphatic heterocycles. The SMILES string of the molecule is O=C1Cc2cc(S(=O)(=O)NCCn3cccc3)ccc2N1. The lowest BCUT2D eigenvalue weighted by atomic mass is 10.2. The summed E-state index contributed by atoms with van der Waals surface area (Å²) in [6.07, 6.45) is 3.98. The molecule has 6 nitrogen and oxygen atoms in total. The van der Waals surface area contributed by atoms with Gasteiger partial charge in [0.15, 0.2) is 0 Å². The lowest BCUT2D eigenvalue weighted by Crippen LogP contribution is -2.27. The van der Waals surface area contributed by atoms with Crippen LogP contribution in [0.4, 0.5) is 5.69 Å². The normalized spacial score (nSPS) is 14.0. The number of nitrogens with one attached hydrogen (secondary N) is 2. The molecule has 0 radical (unpaired) electrons. The predicted octanol–water partition coefficient (Wildman–Crippen LogP) is 0.961. The Morgan fingerprint density at radius 3 is 2.76 bits per heavy atom. The van der Waals surface area contributed by atoms with Crippen LogP contribution in [-0.2, 0) is 27.8 Å². The molecule has 21 heavy (non-hydrogen) atoms. The molecule has 0 aliphatic carbocycles. The first-order valence-electron chi connectivity index (χ1n) is 6.58. The number of sulfonamides is 1. The van der Waals surface area contributed by atoms with Crippen molar-refractivity contribution < 1.29 is 13.2 Å². The molecule has 1 amide bonds. The van der Waals surface area contributed by atoms with Gasteiger partial charge in [-0.15, -0.1) is 0 Å². The van der Waals surface area contributed by atoms with Crippen LogP contribution in [0.15, 0.2) is 47.6 Å². The summed E-state index contributed by atoms with van der Waals surface area (Å²) in [5.41, 5.74) is 1.40. The number of carbonyl (C=O) groups is 1. The van der Waals surface area contributed by atoms with E-state index < -0.39 is 10.0 Å².